The first kappa shape index (κ1) is 20.6. The van der Waals surface area contributed by atoms with Gasteiger partial charge in [0.2, 0.25) is 0 Å². The molecule has 8 fully saturated rings. The molecule has 0 saturated heterocycles. The number of hydrogen-bond acceptors (Lipinski definition) is 3. The highest BCUT2D eigenvalue weighted by molar-refractivity contribution is 6.30. The highest BCUT2D eigenvalue weighted by Gasteiger charge is 2.56. The first-order valence-electron chi connectivity index (χ1n) is 13.7. The highest BCUT2D eigenvalue weighted by atomic mass is 35.5. The normalized spacial score (nSPS) is 43.6. The summed E-state index contributed by atoms with van der Waals surface area (Å²) in [6.45, 7) is 0. The SMILES string of the molecule is Fc1ccc(Cl)cc1-c1nc(C23CC4CC(CC(C4)C2)C3)nc(C23CC4CC(CC(C4)C2)C3)n1. The molecule has 0 N–H and O–H groups in total. The molecule has 0 unspecified atom stereocenters. The molecule has 1 heterocycles. The van der Waals surface area contributed by atoms with Crippen LogP contribution in [0.2, 0.25) is 5.02 Å². The van der Waals surface area contributed by atoms with Crippen molar-refractivity contribution in [1.29, 1.82) is 0 Å². The van der Waals surface area contributed by atoms with Crippen molar-refractivity contribution in [2.75, 3.05) is 0 Å². The molecule has 8 aliphatic carbocycles. The molecule has 5 heteroatoms. The molecular weight excluding hydrogens is 445 g/mol. The Morgan fingerprint density at radius 3 is 1.47 bits per heavy atom. The van der Waals surface area contributed by atoms with Crippen LogP contribution in [0.15, 0.2) is 18.2 Å². The molecule has 8 aliphatic rings. The molecule has 0 atom stereocenters. The Balaban J connectivity index is 1.31. The fourth-order valence-electron chi connectivity index (χ4n) is 10.4. The van der Waals surface area contributed by atoms with Gasteiger partial charge in [-0.1, -0.05) is 11.6 Å². The Kier molecular flexibility index (Phi) is 4.26. The molecule has 178 valence electrons. The van der Waals surface area contributed by atoms with Gasteiger partial charge in [-0.25, -0.2) is 19.3 Å². The van der Waals surface area contributed by atoms with Gasteiger partial charge < -0.3 is 0 Å². The van der Waals surface area contributed by atoms with E-state index in [9.17, 15) is 0 Å². The van der Waals surface area contributed by atoms with E-state index in [0.717, 1.165) is 47.2 Å². The van der Waals surface area contributed by atoms with Crippen LogP contribution < -0.4 is 0 Å². The first-order valence-corrected chi connectivity index (χ1v) is 14.1. The maximum absolute atomic E-state index is 15.1. The molecule has 0 spiro atoms. The van der Waals surface area contributed by atoms with Gasteiger partial charge in [0.15, 0.2) is 5.82 Å². The molecule has 0 amide bonds. The van der Waals surface area contributed by atoms with E-state index in [1.807, 2.05) is 0 Å². The summed E-state index contributed by atoms with van der Waals surface area (Å²) in [6, 6.07) is 4.77. The standard InChI is InChI=1S/C29H33ClFN3/c30-22-1-2-24(31)23(9-22)25-32-26(28-10-16-3-17(11-28)5-18(4-16)12-28)34-27(33-25)29-13-19-6-20(14-29)8-21(7-19)15-29/h1-2,9,16-21H,3-8,10-15H2. The Hall–Kier alpha value is -1.55. The quantitative estimate of drug-likeness (QED) is 0.466. The van der Waals surface area contributed by atoms with E-state index in [-0.39, 0.29) is 16.6 Å². The lowest BCUT2D eigenvalue weighted by Gasteiger charge is -2.57. The van der Waals surface area contributed by atoms with E-state index in [1.54, 1.807) is 12.1 Å². The summed E-state index contributed by atoms with van der Waals surface area (Å²) in [7, 11) is 0. The van der Waals surface area contributed by atoms with Crippen LogP contribution in [0.25, 0.3) is 11.4 Å². The average Bonchev–Trinajstić information content (AvgIpc) is 2.79. The van der Waals surface area contributed by atoms with E-state index in [4.69, 9.17) is 26.6 Å². The van der Waals surface area contributed by atoms with Gasteiger partial charge in [-0.3, -0.25) is 0 Å². The number of halogens is 2. The summed E-state index contributed by atoms with van der Waals surface area (Å²) in [4.78, 5) is 15.6. The van der Waals surface area contributed by atoms with Crippen molar-refractivity contribution in [2.45, 2.75) is 87.9 Å². The lowest BCUT2D eigenvalue weighted by atomic mass is 9.49. The number of benzene rings is 1. The van der Waals surface area contributed by atoms with Gasteiger partial charge in [0, 0.05) is 15.9 Å². The van der Waals surface area contributed by atoms with Crippen molar-refractivity contribution >= 4 is 11.6 Å². The minimum atomic E-state index is -0.288. The third-order valence-corrected chi connectivity index (χ3v) is 11.1. The van der Waals surface area contributed by atoms with Crippen molar-refractivity contribution in [1.82, 2.24) is 15.0 Å². The molecule has 3 nitrogen and oxygen atoms in total. The summed E-state index contributed by atoms with van der Waals surface area (Å²) < 4.78 is 15.1. The number of aromatic nitrogens is 3. The van der Waals surface area contributed by atoms with Crippen molar-refractivity contribution in [2.24, 2.45) is 35.5 Å². The topological polar surface area (TPSA) is 38.7 Å². The molecule has 0 radical (unpaired) electrons. The lowest BCUT2D eigenvalue weighted by Crippen LogP contribution is -2.51. The van der Waals surface area contributed by atoms with Gasteiger partial charge in [0.05, 0.1) is 5.56 Å². The molecule has 1 aromatic carbocycles. The second-order valence-electron chi connectivity index (χ2n) is 13.3. The summed E-state index contributed by atoms with van der Waals surface area (Å²) >= 11 is 6.32. The largest absolute Gasteiger partial charge is 0.217 e. The minimum Gasteiger partial charge on any atom is -0.217 e. The second-order valence-corrected chi connectivity index (χ2v) is 13.8. The van der Waals surface area contributed by atoms with Gasteiger partial charge in [0.25, 0.3) is 0 Å². The maximum atomic E-state index is 15.1. The maximum Gasteiger partial charge on any atom is 0.166 e. The van der Waals surface area contributed by atoms with Crippen molar-refractivity contribution in [3.05, 3.63) is 40.7 Å². The third-order valence-electron chi connectivity index (χ3n) is 10.8. The van der Waals surface area contributed by atoms with Gasteiger partial charge >= 0.3 is 0 Å². The summed E-state index contributed by atoms with van der Waals surface area (Å²) in [5, 5.41) is 0.532. The van der Waals surface area contributed by atoms with Crippen LogP contribution in [0.4, 0.5) is 4.39 Å². The molecule has 2 aromatic rings. The Morgan fingerprint density at radius 1 is 0.647 bits per heavy atom. The lowest BCUT2D eigenvalue weighted by molar-refractivity contribution is -0.0155. The number of nitrogens with zero attached hydrogens (tertiary/aromatic N) is 3. The van der Waals surface area contributed by atoms with E-state index in [2.05, 4.69) is 0 Å². The first-order chi connectivity index (χ1) is 16.5. The molecule has 10 rings (SSSR count). The van der Waals surface area contributed by atoms with Crippen LogP contribution in [-0.2, 0) is 10.8 Å². The zero-order chi connectivity index (χ0) is 22.7. The molecule has 0 aliphatic heterocycles. The smallest absolute Gasteiger partial charge is 0.166 e. The van der Waals surface area contributed by atoms with Gasteiger partial charge in [0.1, 0.15) is 17.5 Å². The fourth-order valence-corrected chi connectivity index (χ4v) is 10.6. The molecule has 1 aromatic heterocycles. The monoisotopic (exact) mass is 477 g/mol. The van der Waals surface area contributed by atoms with E-state index < -0.39 is 0 Å². The van der Waals surface area contributed by atoms with Crippen LogP contribution in [-0.4, -0.2) is 15.0 Å². The minimum absolute atomic E-state index is 0.0680. The Labute approximate surface area is 206 Å². The highest BCUT2D eigenvalue weighted by Crippen LogP contribution is 2.62. The van der Waals surface area contributed by atoms with Gasteiger partial charge in [-0.05, 0) is 131 Å². The van der Waals surface area contributed by atoms with Gasteiger partial charge in [-0.2, -0.15) is 0 Å². The molecule has 8 bridgehead atoms. The Morgan fingerprint density at radius 2 is 1.06 bits per heavy atom. The molecular formula is C29H33ClFN3. The van der Waals surface area contributed by atoms with Gasteiger partial charge in [-0.15, -0.1) is 0 Å². The van der Waals surface area contributed by atoms with Crippen molar-refractivity contribution < 1.29 is 4.39 Å². The zero-order valence-electron chi connectivity index (χ0n) is 19.8. The third kappa shape index (κ3) is 3.02. The number of hydrogen-bond donors (Lipinski definition) is 0. The second kappa shape index (κ2) is 7.02. The van der Waals surface area contributed by atoms with Crippen LogP contribution >= 0.6 is 11.6 Å². The zero-order valence-corrected chi connectivity index (χ0v) is 20.5. The predicted octanol–water partition coefficient (Wildman–Crippen LogP) is 7.27. The Bertz CT molecular complexity index is 1040. The van der Waals surface area contributed by atoms with Crippen LogP contribution in [0, 0.1) is 41.3 Å². The van der Waals surface area contributed by atoms with Crippen LogP contribution in [0.5, 0.6) is 0 Å². The van der Waals surface area contributed by atoms with Crippen molar-refractivity contribution in [3.63, 3.8) is 0 Å². The van der Waals surface area contributed by atoms with Crippen LogP contribution in [0.3, 0.4) is 0 Å². The summed E-state index contributed by atoms with van der Waals surface area (Å²) in [5.74, 6) is 7.11. The predicted molar refractivity (Wildman–Crippen MR) is 130 cm³/mol. The van der Waals surface area contributed by atoms with E-state index >= 15 is 4.39 Å². The average molecular weight is 478 g/mol. The molecule has 34 heavy (non-hydrogen) atoms. The fraction of sp³-hybridized carbons (Fsp3) is 0.690. The number of rotatable bonds is 3. The van der Waals surface area contributed by atoms with E-state index in [1.165, 1.54) is 83.1 Å². The summed E-state index contributed by atoms with van der Waals surface area (Å²) in [5.41, 5.74) is 0.573. The van der Waals surface area contributed by atoms with Crippen molar-refractivity contribution in [3.8, 4) is 11.4 Å². The molecule has 8 saturated carbocycles. The summed E-state index contributed by atoms with van der Waals surface area (Å²) in [6.07, 6.45) is 15.6. The van der Waals surface area contributed by atoms with E-state index in [0.29, 0.717) is 16.4 Å². The van der Waals surface area contributed by atoms with Crippen LogP contribution in [0.1, 0.15) is 88.7 Å².